The highest BCUT2D eigenvalue weighted by molar-refractivity contribution is 5.90. The third-order valence-corrected chi connectivity index (χ3v) is 5.28. The average Bonchev–Trinajstić information content (AvgIpc) is 3.23. The van der Waals surface area contributed by atoms with E-state index in [9.17, 15) is 4.79 Å². The Morgan fingerprint density at radius 2 is 1.79 bits per heavy atom. The van der Waals surface area contributed by atoms with Crippen molar-refractivity contribution in [1.82, 2.24) is 10.2 Å². The van der Waals surface area contributed by atoms with E-state index in [0.29, 0.717) is 24.6 Å². The molecule has 6 nitrogen and oxygen atoms in total. The van der Waals surface area contributed by atoms with Gasteiger partial charge in [-0.15, -0.1) is 10.2 Å². The second-order valence-corrected chi connectivity index (χ2v) is 7.46. The van der Waals surface area contributed by atoms with Crippen LogP contribution in [0.2, 0.25) is 0 Å². The Kier molecular flexibility index (Phi) is 5.89. The Bertz CT molecular complexity index is 959. The predicted octanol–water partition coefficient (Wildman–Crippen LogP) is 4.61. The summed E-state index contributed by atoms with van der Waals surface area (Å²) in [5.41, 5.74) is 4.03. The first-order chi connectivity index (χ1) is 14.2. The van der Waals surface area contributed by atoms with Crippen LogP contribution < -0.4 is 10.2 Å². The summed E-state index contributed by atoms with van der Waals surface area (Å²) in [6, 6.07) is 15.9. The summed E-state index contributed by atoms with van der Waals surface area (Å²) in [6.45, 7) is 4.23. The largest absolute Gasteiger partial charge is 0.421 e. The van der Waals surface area contributed by atoms with Gasteiger partial charge in [0.05, 0.1) is 0 Å². The van der Waals surface area contributed by atoms with E-state index in [0.717, 1.165) is 29.9 Å². The maximum atomic E-state index is 12.3. The van der Waals surface area contributed by atoms with Gasteiger partial charge in [0, 0.05) is 42.9 Å². The molecule has 0 radical (unpaired) electrons. The number of aryl methyl sites for hydroxylation is 2. The van der Waals surface area contributed by atoms with Gasteiger partial charge < -0.3 is 14.6 Å². The van der Waals surface area contributed by atoms with Gasteiger partial charge in [-0.3, -0.25) is 4.79 Å². The number of aromatic nitrogens is 2. The van der Waals surface area contributed by atoms with Crippen molar-refractivity contribution in [2.24, 2.45) is 0 Å². The van der Waals surface area contributed by atoms with Crippen molar-refractivity contribution in [2.75, 3.05) is 23.3 Å². The molecule has 1 N–H and O–H groups in total. The molecule has 150 valence electrons. The van der Waals surface area contributed by atoms with Crippen molar-refractivity contribution in [2.45, 2.75) is 39.0 Å². The van der Waals surface area contributed by atoms with Gasteiger partial charge in [0.15, 0.2) is 0 Å². The summed E-state index contributed by atoms with van der Waals surface area (Å²) in [5.74, 6) is 0.900. The van der Waals surface area contributed by atoms with Crippen molar-refractivity contribution in [3.63, 3.8) is 0 Å². The van der Waals surface area contributed by atoms with Crippen LogP contribution in [0.5, 0.6) is 0 Å². The van der Waals surface area contributed by atoms with Gasteiger partial charge in [-0.2, -0.15) is 0 Å². The van der Waals surface area contributed by atoms with Crippen molar-refractivity contribution < 1.29 is 9.21 Å². The lowest BCUT2D eigenvalue weighted by atomic mass is 10.1. The maximum absolute atomic E-state index is 12.3. The van der Waals surface area contributed by atoms with E-state index >= 15 is 0 Å². The molecule has 3 aromatic rings. The summed E-state index contributed by atoms with van der Waals surface area (Å²) in [5, 5.41) is 11.1. The number of carbonyl (C=O) groups is 1. The Balaban J connectivity index is 1.30. The summed E-state index contributed by atoms with van der Waals surface area (Å²) < 4.78 is 5.73. The lowest BCUT2D eigenvalue weighted by Gasteiger charge is -2.28. The van der Waals surface area contributed by atoms with Crippen molar-refractivity contribution in [3.8, 4) is 11.5 Å². The summed E-state index contributed by atoms with van der Waals surface area (Å²) in [4.78, 5) is 14.7. The Hall–Kier alpha value is -3.15. The standard InChI is InChI=1S/C23H26N4O2/c1-17-7-3-4-8-20(17)23-26-25-22(29-23)14-13-21(28)24-18-9-11-19(12-10-18)27-15-5-2-6-16-27/h3-4,7-12H,2,5-6,13-16H2,1H3,(H,24,28). The lowest BCUT2D eigenvalue weighted by Crippen LogP contribution is -2.29. The predicted molar refractivity (Wildman–Crippen MR) is 114 cm³/mol. The van der Waals surface area contributed by atoms with Crippen molar-refractivity contribution in [3.05, 3.63) is 60.0 Å². The molecule has 0 aliphatic carbocycles. The van der Waals surface area contributed by atoms with E-state index in [1.165, 1.54) is 24.9 Å². The van der Waals surface area contributed by atoms with E-state index in [-0.39, 0.29) is 5.91 Å². The zero-order valence-electron chi connectivity index (χ0n) is 16.7. The zero-order chi connectivity index (χ0) is 20.1. The normalized spacial score (nSPS) is 14.0. The van der Waals surface area contributed by atoms with Gasteiger partial charge in [-0.1, -0.05) is 18.2 Å². The smallest absolute Gasteiger partial charge is 0.247 e. The number of hydrogen-bond acceptors (Lipinski definition) is 5. The average molecular weight is 390 g/mol. The molecule has 1 amide bonds. The number of hydrogen-bond donors (Lipinski definition) is 1. The number of piperidine rings is 1. The van der Waals surface area contributed by atoms with Crippen LogP contribution in [-0.4, -0.2) is 29.2 Å². The van der Waals surface area contributed by atoms with Crippen LogP contribution in [0, 0.1) is 6.92 Å². The SMILES string of the molecule is Cc1ccccc1-c1nnc(CCC(=O)Nc2ccc(N3CCCCC3)cc2)o1. The highest BCUT2D eigenvalue weighted by Crippen LogP contribution is 2.23. The summed E-state index contributed by atoms with van der Waals surface area (Å²) in [6.07, 6.45) is 4.52. The van der Waals surface area contributed by atoms with Gasteiger partial charge in [-0.25, -0.2) is 0 Å². The van der Waals surface area contributed by atoms with Gasteiger partial charge in [0.2, 0.25) is 17.7 Å². The van der Waals surface area contributed by atoms with E-state index in [1.807, 2.05) is 43.3 Å². The minimum atomic E-state index is -0.0636. The molecule has 0 spiro atoms. The molecule has 1 aromatic heterocycles. The number of amides is 1. The molecule has 1 saturated heterocycles. The zero-order valence-corrected chi connectivity index (χ0v) is 16.7. The molecule has 0 unspecified atom stereocenters. The molecule has 0 saturated carbocycles. The number of benzene rings is 2. The molecule has 6 heteroatoms. The van der Waals surface area contributed by atoms with Gasteiger partial charge in [0.1, 0.15) is 0 Å². The van der Waals surface area contributed by atoms with Crippen LogP contribution in [0.1, 0.15) is 37.1 Å². The van der Waals surface area contributed by atoms with Crippen LogP contribution in [0.25, 0.3) is 11.5 Å². The molecular weight excluding hydrogens is 364 g/mol. The van der Waals surface area contributed by atoms with Crippen LogP contribution in [0.3, 0.4) is 0 Å². The molecule has 1 fully saturated rings. The number of anilines is 2. The number of carbonyl (C=O) groups excluding carboxylic acids is 1. The quantitative estimate of drug-likeness (QED) is 0.666. The summed E-state index contributed by atoms with van der Waals surface area (Å²) in [7, 11) is 0. The monoisotopic (exact) mass is 390 g/mol. The molecule has 29 heavy (non-hydrogen) atoms. The first-order valence-corrected chi connectivity index (χ1v) is 10.2. The van der Waals surface area contributed by atoms with E-state index in [2.05, 4.69) is 32.5 Å². The molecule has 0 atom stereocenters. The first-order valence-electron chi connectivity index (χ1n) is 10.2. The molecule has 2 aromatic carbocycles. The topological polar surface area (TPSA) is 71.3 Å². The van der Waals surface area contributed by atoms with E-state index in [1.54, 1.807) is 0 Å². The molecule has 1 aliphatic heterocycles. The minimum Gasteiger partial charge on any atom is -0.421 e. The fraction of sp³-hybridized carbons (Fsp3) is 0.348. The van der Waals surface area contributed by atoms with Crippen LogP contribution >= 0.6 is 0 Å². The second-order valence-electron chi connectivity index (χ2n) is 7.46. The fourth-order valence-corrected chi connectivity index (χ4v) is 3.63. The van der Waals surface area contributed by atoms with Gasteiger partial charge in [0.25, 0.3) is 0 Å². The second kappa shape index (κ2) is 8.90. The summed E-state index contributed by atoms with van der Waals surface area (Å²) >= 11 is 0. The van der Waals surface area contributed by atoms with Gasteiger partial charge in [-0.05, 0) is 62.1 Å². The molecule has 2 heterocycles. The van der Waals surface area contributed by atoms with E-state index in [4.69, 9.17) is 4.42 Å². The molecule has 1 aliphatic rings. The number of rotatable bonds is 6. The highest BCUT2D eigenvalue weighted by atomic mass is 16.4. The van der Waals surface area contributed by atoms with Crippen LogP contribution in [0.15, 0.2) is 52.9 Å². The molecule has 0 bridgehead atoms. The molecular formula is C23H26N4O2. The Labute approximate surface area is 170 Å². The Morgan fingerprint density at radius 1 is 1.03 bits per heavy atom. The van der Waals surface area contributed by atoms with Gasteiger partial charge >= 0.3 is 0 Å². The fourth-order valence-electron chi connectivity index (χ4n) is 3.63. The highest BCUT2D eigenvalue weighted by Gasteiger charge is 2.13. The van der Waals surface area contributed by atoms with Crippen molar-refractivity contribution in [1.29, 1.82) is 0 Å². The Morgan fingerprint density at radius 3 is 2.55 bits per heavy atom. The lowest BCUT2D eigenvalue weighted by molar-refractivity contribution is -0.116. The third-order valence-electron chi connectivity index (χ3n) is 5.28. The van der Waals surface area contributed by atoms with Crippen LogP contribution in [0.4, 0.5) is 11.4 Å². The molecule has 4 rings (SSSR count). The number of nitrogens with one attached hydrogen (secondary N) is 1. The van der Waals surface area contributed by atoms with Crippen molar-refractivity contribution >= 4 is 17.3 Å². The number of nitrogens with zero attached hydrogens (tertiary/aromatic N) is 3. The minimum absolute atomic E-state index is 0.0636. The van der Waals surface area contributed by atoms with E-state index < -0.39 is 0 Å². The first kappa shape index (κ1) is 19.2. The van der Waals surface area contributed by atoms with Crippen LogP contribution in [-0.2, 0) is 11.2 Å². The third kappa shape index (κ3) is 4.83. The maximum Gasteiger partial charge on any atom is 0.247 e.